The van der Waals surface area contributed by atoms with Crippen LogP contribution in [-0.2, 0) is 35.7 Å². The van der Waals surface area contributed by atoms with Gasteiger partial charge in [0.2, 0.25) is 10.0 Å². The van der Waals surface area contributed by atoms with Crippen molar-refractivity contribution in [3.8, 4) is 0 Å². The number of urea groups is 1. The van der Waals surface area contributed by atoms with Crippen molar-refractivity contribution in [3.05, 3.63) is 28.3 Å². The van der Waals surface area contributed by atoms with Gasteiger partial charge in [-0.2, -0.15) is 0 Å². The van der Waals surface area contributed by atoms with E-state index in [1.165, 1.54) is 22.3 Å². The van der Waals surface area contributed by atoms with Crippen LogP contribution in [0.25, 0.3) is 0 Å². The zero-order valence-corrected chi connectivity index (χ0v) is 18.7. The first-order valence-electron chi connectivity index (χ1n) is 11.4. The fraction of sp³-hybridized carbons (Fsp3) is 0.667. The molecule has 4 N–H and O–H groups in total. The van der Waals surface area contributed by atoms with Crippen molar-refractivity contribution in [2.45, 2.75) is 69.4 Å². The number of amides is 2. The maximum Gasteiger partial charge on any atom is 0.451 e. The number of sulfonamides is 1. The van der Waals surface area contributed by atoms with Crippen LogP contribution < -0.4 is 10.0 Å². The second kappa shape index (κ2) is 9.48. The van der Waals surface area contributed by atoms with Gasteiger partial charge in [0.15, 0.2) is 0 Å². The Hall–Kier alpha value is -1.62. The molecule has 170 valence electrons. The minimum atomic E-state index is -3.76. The average Bonchev–Trinajstić information content (AvgIpc) is 3.37. The van der Waals surface area contributed by atoms with E-state index >= 15 is 0 Å². The van der Waals surface area contributed by atoms with Gasteiger partial charge in [0.25, 0.3) is 0 Å². The van der Waals surface area contributed by atoms with E-state index in [9.17, 15) is 13.2 Å². The Morgan fingerprint density at radius 2 is 1.68 bits per heavy atom. The number of aryl methyl sites for hydroxylation is 2. The molecule has 0 atom stereocenters. The van der Waals surface area contributed by atoms with Gasteiger partial charge in [-0.15, -0.1) is 0 Å². The molecule has 8 nitrogen and oxygen atoms in total. The van der Waals surface area contributed by atoms with Gasteiger partial charge < -0.3 is 20.3 Å². The highest BCUT2D eigenvalue weighted by Gasteiger charge is 2.32. The summed E-state index contributed by atoms with van der Waals surface area (Å²) < 4.78 is 27.9. The Labute approximate surface area is 184 Å². The molecule has 1 fully saturated rings. The second-order valence-corrected chi connectivity index (χ2v) is 11.0. The monoisotopic (exact) mass is 449 g/mol. The van der Waals surface area contributed by atoms with E-state index in [0.29, 0.717) is 45.2 Å². The number of benzene rings is 1. The first-order chi connectivity index (χ1) is 14.8. The van der Waals surface area contributed by atoms with Crippen molar-refractivity contribution in [1.29, 1.82) is 0 Å². The molecular weight excluding hydrogens is 417 g/mol. The highest BCUT2D eigenvalue weighted by molar-refractivity contribution is 7.90. The summed E-state index contributed by atoms with van der Waals surface area (Å²) in [6.07, 6.45) is 7.92. The third-order valence-electron chi connectivity index (χ3n) is 6.86. The molecule has 2 amide bonds. The second-order valence-electron chi connectivity index (χ2n) is 9.00. The van der Waals surface area contributed by atoms with Crippen LogP contribution in [0.5, 0.6) is 0 Å². The number of carbonyl (C=O) groups is 1. The Morgan fingerprint density at radius 1 is 1.06 bits per heavy atom. The molecule has 4 rings (SSSR count). The maximum absolute atomic E-state index is 12.8. The van der Waals surface area contributed by atoms with E-state index < -0.39 is 28.4 Å². The Bertz CT molecular complexity index is 897. The van der Waals surface area contributed by atoms with E-state index in [4.69, 9.17) is 10.0 Å². The van der Waals surface area contributed by atoms with Crippen molar-refractivity contribution in [2.24, 2.45) is 0 Å². The minimum Gasteiger partial charge on any atom is -0.427 e. The van der Waals surface area contributed by atoms with Gasteiger partial charge in [0.1, 0.15) is 0 Å². The maximum atomic E-state index is 12.8. The third-order valence-corrected chi connectivity index (χ3v) is 8.68. The molecule has 10 heteroatoms. The van der Waals surface area contributed by atoms with Crippen LogP contribution in [0.1, 0.15) is 54.4 Å². The van der Waals surface area contributed by atoms with Gasteiger partial charge in [-0.05, 0) is 106 Å². The lowest BCUT2D eigenvalue weighted by Crippen LogP contribution is -2.46. The molecule has 1 aromatic rings. The Balaban J connectivity index is 1.34. The van der Waals surface area contributed by atoms with Gasteiger partial charge in [0.05, 0.1) is 5.25 Å². The van der Waals surface area contributed by atoms with Crippen molar-refractivity contribution in [1.82, 2.24) is 9.62 Å². The lowest BCUT2D eigenvalue weighted by Gasteiger charge is -2.31. The van der Waals surface area contributed by atoms with Gasteiger partial charge in [-0.25, -0.2) is 17.9 Å². The number of fused-ring (bicyclic) bond motifs is 2. The van der Waals surface area contributed by atoms with E-state index in [2.05, 4.69) is 21.0 Å². The van der Waals surface area contributed by atoms with E-state index in [1.54, 1.807) is 0 Å². The van der Waals surface area contributed by atoms with Gasteiger partial charge in [0, 0.05) is 5.69 Å². The number of likely N-dealkylation sites (tertiary alicyclic amines) is 1. The van der Waals surface area contributed by atoms with E-state index in [-0.39, 0.29) is 0 Å². The lowest BCUT2D eigenvalue weighted by molar-refractivity contribution is 0.228. The predicted octanol–water partition coefficient (Wildman–Crippen LogP) is 1.44. The summed E-state index contributed by atoms with van der Waals surface area (Å²) in [5, 5.41) is 20.2. The summed E-state index contributed by atoms with van der Waals surface area (Å²) in [6.45, 7) is 1.95. The molecule has 0 saturated carbocycles. The van der Waals surface area contributed by atoms with Crippen molar-refractivity contribution in [3.63, 3.8) is 0 Å². The molecule has 3 aliphatic rings. The molecule has 0 bridgehead atoms. The molecule has 2 aliphatic carbocycles. The van der Waals surface area contributed by atoms with Crippen LogP contribution in [0.3, 0.4) is 0 Å². The van der Waals surface area contributed by atoms with E-state index in [0.717, 1.165) is 44.2 Å². The summed E-state index contributed by atoms with van der Waals surface area (Å²) in [6, 6.07) is 1.62. The molecule has 1 aromatic carbocycles. The first kappa shape index (κ1) is 22.6. The molecule has 0 aromatic heterocycles. The van der Waals surface area contributed by atoms with Crippen LogP contribution >= 0.6 is 0 Å². The summed E-state index contributed by atoms with van der Waals surface area (Å²) >= 11 is 0. The molecule has 1 saturated heterocycles. The lowest BCUT2D eigenvalue weighted by atomic mass is 9.84. The zero-order valence-electron chi connectivity index (χ0n) is 17.9. The Kier molecular flexibility index (Phi) is 6.90. The normalized spacial score (nSPS) is 19.2. The number of hydrogen-bond donors (Lipinski definition) is 4. The fourth-order valence-electron chi connectivity index (χ4n) is 5.26. The minimum absolute atomic E-state index is 0.312. The number of hydrogen-bond acceptors (Lipinski definition) is 6. The largest absolute Gasteiger partial charge is 0.451 e. The molecular formula is C21H32BN3O5S. The highest BCUT2D eigenvalue weighted by Crippen LogP contribution is 2.38. The van der Waals surface area contributed by atoms with Crippen LogP contribution in [0.15, 0.2) is 6.07 Å². The molecule has 1 heterocycles. The Morgan fingerprint density at radius 3 is 2.26 bits per heavy atom. The zero-order chi connectivity index (χ0) is 22.0. The van der Waals surface area contributed by atoms with Gasteiger partial charge >= 0.3 is 13.1 Å². The van der Waals surface area contributed by atoms with Crippen LogP contribution in [0, 0.1) is 0 Å². The number of rotatable bonds is 7. The van der Waals surface area contributed by atoms with E-state index in [1.807, 2.05) is 0 Å². The standard InChI is InChI=1S/C21H32BN3O5S/c26-21(23-20-18-6-1-4-15(18)14-16-5-2-7-19(16)20)24-31(29,30)17-8-12-25(13-9-17)11-3-10-22(27)28/h14,17,27-28H,1-13H2,(H2,23,24,26). The first-order valence-corrected chi connectivity index (χ1v) is 13.0. The highest BCUT2D eigenvalue weighted by atomic mass is 32.2. The van der Waals surface area contributed by atoms with Gasteiger partial charge in [-0.3, -0.25) is 0 Å². The smallest absolute Gasteiger partial charge is 0.427 e. The summed E-state index contributed by atoms with van der Waals surface area (Å²) in [5.74, 6) is 0. The molecule has 0 radical (unpaired) electrons. The van der Waals surface area contributed by atoms with Crippen molar-refractivity contribution in [2.75, 3.05) is 25.0 Å². The van der Waals surface area contributed by atoms with Gasteiger partial charge in [-0.1, -0.05) is 6.07 Å². The average molecular weight is 449 g/mol. The number of piperidine rings is 1. The van der Waals surface area contributed by atoms with Crippen LogP contribution in [-0.4, -0.2) is 61.4 Å². The third kappa shape index (κ3) is 5.24. The molecule has 1 aliphatic heterocycles. The molecule has 0 unspecified atom stereocenters. The SMILES string of the molecule is O=C(Nc1c2c(cc3c1CCC3)CCC2)NS(=O)(=O)C1CCN(CCCB(O)O)CC1. The number of nitrogens with zero attached hydrogens (tertiary/aromatic N) is 1. The fourth-order valence-corrected chi connectivity index (χ4v) is 6.57. The number of carbonyl (C=O) groups excluding carboxylic acids is 1. The number of nitrogens with one attached hydrogen (secondary N) is 2. The molecule has 0 spiro atoms. The summed E-state index contributed by atoms with van der Waals surface area (Å²) in [7, 11) is -5.06. The summed E-state index contributed by atoms with van der Waals surface area (Å²) in [4.78, 5) is 14.8. The topological polar surface area (TPSA) is 119 Å². The summed E-state index contributed by atoms with van der Waals surface area (Å²) in [5.41, 5.74) is 5.78. The predicted molar refractivity (Wildman–Crippen MR) is 121 cm³/mol. The quantitative estimate of drug-likeness (QED) is 0.468. The molecule has 31 heavy (non-hydrogen) atoms. The van der Waals surface area contributed by atoms with Crippen LogP contribution in [0.2, 0.25) is 6.32 Å². The number of anilines is 1. The van der Waals surface area contributed by atoms with Crippen molar-refractivity contribution >= 4 is 28.9 Å². The van der Waals surface area contributed by atoms with Crippen molar-refractivity contribution < 1.29 is 23.3 Å². The van der Waals surface area contributed by atoms with Crippen LogP contribution in [0.4, 0.5) is 10.5 Å².